The van der Waals surface area contributed by atoms with Gasteiger partial charge >= 0.3 is 12.1 Å². The summed E-state index contributed by atoms with van der Waals surface area (Å²) in [6.07, 6.45) is -7.41. The number of carbonyl (C=O) groups excluding carboxylic acids is 2. The molecule has 1 aliphatic heterocycles. The van der Waals surface area contributed by atoms with E-state index >= 15 is 0 Å². The molecule has 0 aromatic carbocycles. The van der Waals surface area contributed by atoms with Crippen molar-refractivity contribution in [1.29, 1.82) is 0 Å². The van der Waals surface area contributed by atoms with Crippen molar-refractivity contribution in [1.82, 2.24) is 5.32 Å². The van der Waals surface area contributed by atoms with Crippen LogP contribution in [0.5, 0.6) is 0 Å². The van der Waals surface area contributed by atoms with E-state index in [0.717, 1.165) is 0 Å². The van der Waals surface area contributed by atoms with Gasteiger partial charge in [-0.15, -0.1) is 0 Å². The Balaban J connectivity index is 2.39. The van der Waals surface area contributed by atoms with Crippen LogP contribution in [-0.2, 0) is 23.7 Å². The fourth-order valence-electron chi connectivity index (χ4n) is 1.93. The molecule has 4 N–H and O–H groups in total. The van der Waals surface area contributed by atoms with Gasteiger partial charge in [0.05, 0.1) is 0 Å². The average molecular weight is 351 g/mol. The molecule has 0 saturated carbocycles. The fraction of sp³-hybridized carbons (Fsp3) is 0.857. The van der Waals surface area contributed by atoms with E-state index in [1.165, 1.54) is 7.11 Å². The smallest absolute Gasteiger partial charge is 0.408 e. The zero-order chi connectivity index (χ0) is 18.5. The van der Waals surface area contributed by atoms with E-state index in [9.17, 15) is 24.9 Å². The van der Waals surface area contributed by atoms with Gasteiger partial charge in [0.1, 0.15) is 43.2 Å². The fourth-order valence-corrected chi connectivity index (χ4v) is 1.93. The molecule has 0 spiro atoms. The lowest BCUT2D eigenvalue weighted by Crippen LogP contribution is -2.59. The van der Waals surface area contributed by atoms with Gasteiger partial charge in [0, 0.05) is 7.11 Å². The number of esters is 1. The van der Waals surface area contributed by atoms with Gasteiger partial charge in [0.25, 0.3) is 0 Å². The topological polar surface area (TPSA) is 144 Å². The largest absolute Gasteiger partial charge is 0.461 e. The third-order valence-corrected chi connectivity index (χ3v) is 3.09. The number of methoxy groups -OCH3 is 1. The van der Waals surface area contributed by atoms with Crippen LogP contribution >= 0.6 is 0 Å². The van der Waals surface area contributed by atoms with E-state index in [1.54, 1.807) is 20.8 Å². The average Bonchev–Trinajstić information content (AvgIpc) is 2.48. The predicted octanol–water partition coefficient (Wildman–Crippen LogP) is -1.49. The van der Waals surface area contributed by atoms with Gasteiger partial charge in [0.2, 0.25) is 0 Å². The van der Waals surface area contributed by atoms with Gasteiger partial charge in [0.15, 0.2) is 6.29 Å². The second kappa shape index (κ2) is 8.58. The Labute approximate surface area is 139 Å². The summed E-state index contributed by atoms with van der Waals surface area (Å²) in [5.74, 6) is -0.786. The van der Waals surface area contributed by atoms with E-state index in [-0.39, 0.29) is 6.61 Å². The van der Waals surface area contributed by atoms with Crippen LogP contribution in [0.4, 0.5) is 4.79 Å². The highest BCUT2D eigenvalue weighted by molar-refractivity contribution is 5.78. The van der Waals surface area contributed by atoms with Crippen molar-refractivity contribution < 1.29 is 43.9 Å². The normalized spacial score (nSPS) is 30.5. The van der Waals surface area contributed by atoms with Crippen molar-refractivity contribution in [2.75, 3.05) is 20.3 Å². The maximum atomic E-state index is 11.6. The Morgan fingerprint density at radius 3 is 2.29 bits per heavy atom. The summed E-state index contributed by atoms with van der Waals surface area (Å²) < 4.78 is 19.8. The molecule has 10 nitrogen and oxygen atoms in total. The number of nitrogens with one attached hydrogen (secondary N) is 1. The standard InChI is InChI=1S/C14H25NO9/c1-14(2,3)24-13(20)15-5-8(16)22-6-7-9(17)10(18)11(19)12(21-4)23-7/h7,9-12,17-19H,5-6H2,1-4H3,(H,15,20)/t7-,9+,10+,11+,12-/m1/s1. The molecule has 1 amide bonds. The zero-order valence-electron chi connectivity index (χ0n) is 14.1. The Hall–Kier alpha value is -1.46. The van der Waals surface area contributed by atoms with Crippen molar-refractivity contribution in [3.05, 3.63) is 0 Å². The Morgan fingerprint density at radius 1 is 1.12 bits per heavy atom. The molecule has 10 heteroatoms. The van der Waals surface area contributed by atoms with Crippen LogP contribution in [-0.4, -0.2) is 84.0 Å². The lowest BCUT2D eigenvalue weighted by atomic mass is 9.99. The second-order valence-corrected chi connectivity index (χ2v) is 6.29. The summed E-state index contributed by atoms with van der Waals surface area (Å²) in [5, 5.41) is 31.3. The number of aliphatic hydroxyl groups excluding tert-OH is 3. The molecule has 5 atom stereocenters. The van der Waals surface area contributed by atoms with Crippen LogP contribution in [0, 0.1) is 0 Å². The van der Waals surface area contributed by atoms with Crippen molar-refractivity contribution in [2.45, 2.75) is 57.1 Å². The van der Waals surface area contributed by atoms with E-state index in [2.05, 4.69) is 5.32 Å². The molecular formula is C14H25NO9. The molecule has 0 aromatic heterocycles. The maximum absolute atomic E-state index is 11.6. The van der Waals surface area contributed by atoms with Crippen LogP contribution in [0.1, 0.15) is 20.8 Å². The molecule has 0 aliphatic carbocycles. The van der Waals surface area contributed by atoms with E-state index < -0.39 is 54.9 Å². The highest BCUT2D eigenvalue weighted by atomic mass is 16.7. The number of carbonyl (C=O) groups is 2. The number of hydrogen-bond donors (Lipinski definition) is 4. The van der Waals surface area contributed by atoms with E-state index in [0.29, 0.717) is 0 Å². The third-order valence-electron chi connectivity index (χ3n) is 3.09. The molecule has 1 saturated heterocycles. The van der Waals surface area contributed by atoms with Crippen LogP contribution < -0.4 is 5.32 Å². The maximum Gasteiger partial charge on any atom is 0.408 e. The number of ether oxygens (including phenoxy) is 4. The molecule has 0 unspecified atom stereocenters. The molecule has 1 heterocycles. The molecular weight excluding hydrogens is 326 g/mol. The highest BCUT2D eigenvalue weighted by Gasteiger charge is 2.44. The molecule has 1 aliphatic rings. The quantitative estimate of drug-likeness (QED) is 0.435. The monoisotopic (exact) mass is 351 g/mol. The Kier molecular flexibility index (Phi) is 7.36. The number of aliphatic hydroxyl groups is 3. The second-order valence-electron chi connectivity index (χ2n) is 6.29. The summed E-state index contributed by atoms with van der Waals surface area (Å²) in [7, 11) is 1.26. The van der Waals surface area contributed by atoms with Gasteiger partial charge in [-0.25, -0.2) is 4.79 Å². The first-order chi connectivity index (χ1) is 11.0. The summed E-state index contributed by atoms with van der Waals surface area (Å²) in [6.45, 7) is 4.21. The van der Waals surface area contributed by atoms with Crippen LogP contribution in [0.15, 0.2) is 0 Å². The van der Waals surface area contributed by atoms with Crippen LogP contribution in [0.2, 0.25) is 0 Å². The molecule has 0 bridgehead atoms. The predicted molar refractivity (Wildman–Crippen MR) is 78.9 cm³/mol. The van der Waals surface area contributed by atoms with Crippen molar-refractivity contribution in [3.63, 3.8) is 0 Å². The number of hydrogen-bond acceptors (Lipinski definition) is 9. The SMILES string of the molecule is CO[C@@H]1O[C@H](COC(=O)CNC(=O)OC(C)(C)C)[C@H](O)[C@H](O)[C@@H]1O. The lowest BCUT2D eigenvalue weighted by molar-refractivity contribution is -0.295. The van der Waals surface area contributed by atoms with Gasteiger partial charge in [-0.2, -0.15) is 0 Å². The zero-order valence-corrected chi connectivity index (χ0v) is 14.1. The minimum absolute atomic E-state index is 0.389. The van der Waals surface area contributed by atoms with Gasteiger partial charge in [-0.1, -0.05) is 0 Å². The third kappa shape index (κ3) is 6.21. The van der Waals surface area contributed by atoms with E-state index in [4.69, 9.17) is 18.9 Å². The Morgan fingerprint density at radius 2 is 1.75 bits per heavy atom. The van der Waals surface area contributed by atoms with Crippen molar-refractivity contribution in [3.8, 4) is 0 Å². The Bertz CT molecular complexity index is 434. The molecule has 140 valence electrons. The summed E-state index contributed by atoms with van der Waals surface area (Å²) in [4.78, 5) is 23.0. The number of amides is 1. The number of alkyl carbamates (subject to hydrolysis) is 1. The van der Waals surface area contributed by atoms with Crippen LogP contribution in [0.25, 0.3) is 0 Å². The van der Waals surface area contributed by atoms with Crippen molar-refractivity contribution in [2.24, 2.45) is 0 Å². The minimum Gasteiger partial charge on any atom is -0.461 e. The van der Waals surface area contributed by atoms with Gasteiger partial charge in [-0.05, 0) is 20.8 Å². The minimum atomic E-state index is -1.51. The molecule has 1 rings (SSSR count). The first kappa shape index (κ1) is 20.6. The summed E-state index contributed by atoms with van der Waals surface area (Å²) >= 11 is 0. The highest BCUT2D eigenvalue weighted by Crippen LogP contribution is 2.21. The molecule has 1 fully saturated rings. The molecule has 0 aromatic rings. The molecule has 24 heavy (non-hydrogen) atoms. The van der Waals surface area contributed by atoms with Gasteiger partial charge < -0.3 is 39.6 Å². The lowest BCUT2D eigenvalue weighted by Gasteiger charge is -2.39. The first-order valence-electron chi connectivity index (χ1n) is 7.40. The van der Waals surface area contributed by atoms with Crippen molar-refractivity contribution >= 4 is 12.1 Å². The van der Waals surface area contributed by atoms with E-state index in [1.807, 2.05) is 0 Å². The molecule has 0 radical (unpaired) electrons. The van der Waals surface area contributed by atoms with Crippen LogP contribution in [0.3, 0.4) is 0 Å². The first-order valence-corrected chi connectivity index (χ1v) is 7.40. The summed E-state index contributed by atoms with van der Waals surface area (Å²) in [5.41, 5.74) is -0.694. The number of rotatable bonds is 5. The summed E-state index contributed by atoms with van der Waals surface area (Å²) in [6, 6.07) is 0. The van der Waals surface area contributed by atoms with Gasteiger partial charge in [-0.3, -0.25) is 4.79 Å².